The normalized spacial score (nSPS) is 25.0. The Labute approximate surface area is 87.0 Å². The third-order valence-corrected chi connectivity index (χ3v) is 2.53. The van der Waals surface area contributed by atoms with Crippen LogP contribution in [0.25, 0.3) is 0 Å². The number of hydrogen-bond acceptors (Lipinski definition) is 2. The summed E-state index contributed by atoms with van der Waals surface area (Å²) in [5.41, 5.74) is -0.226. The Bertz CT molecular complexity index is 438. The summed E-state index contributed by atoms with van der Waals surface area (Å²) < 4.78 is 12.7. The van der Waals surface area contributed by atoms with Gasteiger partial charge in [-0.1, -0.05) is 12.1 Å². The van der Waals surface area contributed by atoms with Gasteiger partial charge < -0.3 is 5.32 Å². The summed E-state index contributed by atoms with van der Waals surface area (Å²) in [5, 5.41) is 2.64. The first-order chi connectivity index (χ1) is 7.02. The Morgan fingerprint density at radius 2 is 1.93 bits per heavy atom. The highest BCUT2D eigenvalue weighted by molar-refractivity contribution is 6.07. The van der Waals surface area contributed by atoms with Crippen LogP contribution in [-0.4, -0.2) is 11.7 Å². The van der Waals surface area contributed by atoms with Crippen molar-refractivity contribution in [3.05, 3.63) is 35.6 Å². The molecule has 0 unspecified atom stereocenters. The van der Waals surface area contributed by atoms with E-state index in [0.717, 1.165) is 0 Å². The maximum atomic E-state index is 12.7. The van der Waals surface area contributed by atoms with E-state index in [1.807, 2.05) is 0 Å². The Morgan fingerprint density at radius 3 is 2.40 bits per heavy atom. The first-order valence-electron chi connectivity index (χ1n) is 4.66. The van der Waals surface area contributed by atoms with Gasteiger partial charge >= 0.3 is 0 Å². The van der Waals surface area contributed by atoms with Crippen molar-refractivity contribution in [2.45, 2.75) is 19.4 Å². The van der Waals surface area contributed by atoms with Crippen molar-refractivity contribution in [2.24, 2.45) is 4.99 Å². The molecule has 0 aromatic heterocycles. The van der Waals surface area contributed by atoms with E-state index in [9.17, 15) is 9.18 Å². The molecule has 0 bridgehead atoms. The van der Waals surface area contributed by atoms with Crippen LogP contribution in [0.2, 0.25) is 0 Å². The van der Waals surface area contributed by atoms with E-state index >= 15 is 0 Å². The van der Waals surface area contributed by atoms with E-state index in [4.69, 9.17) is 0 Å². The van der Waals surface area contributed by atoms with E-state index in [-0.39, 0.29) is 11.7 Å². The Kier molecular flexibility index (Phi) is 2.07. The zero-order valence-corrected chi connectivity index (χ0v) is 8.54. The second-order valence-corrected chi connectivity index (χ2v) is 3.73. The molecule has 15 heavy (non-hydrogen) atoms. The predicted octanol–water partition coefficient (Wildman–Crippen LogP) is 1.59. The van der Waals surface area contributed by atoms with Crippen molar-refractivity contribution in [3.63, 3.8) is 0 Å². The summed E-state index contributed by atoms with van der Waals surface area (Å²) >= 11 is 0. The van der Waals surface area contributed by atoms with Gasteiger partial charge in [-0.15, -0.1) is 0 Å². The third kappa shape index (κ3) is 1.52. The van der Waals surface area contributed by atoms with E-state index in [1.54, 1.807) is 26.0 Å². The van der Waals surface area contributed by atoms with Gasteiger partial charge in [0.2, 0.25) is 0 Å². The van der Waals surface area contributed by atoms with E-state index in [2.05, 4.69) is 10.3 Å². The molecular formula is C11H11FN2O. The quantitative estimate of drug-likeness (QED) is 0.744. The topological polar surface area (TPSA) is 41.5 Å². The number of carbonyl (C=O) groups is 1. The average Bonchev–Trinajstić information content (AvgIpc) is 2.42. The van der Waals surface area contributed by atoms with Crippen molar-refractivity contribution in [1.82, 2.24) is 5.32 Å². The minimum Gasteiger partial charge on any atom is -0.312 e. The van der Waals surface area contributed by atoms with Crippen LogP contribution in [0.3, 0.4) is 0 Å². The third-order valence-electron chi connectivity index (χ3n) is 2.53. The zero-order chi connectivity index (χ0) is 11.1. The van der Waals surface area contributed by atoms with Crippen LogP contribution in [0.4, 0.5) is 4.39 Å². The summed E-state index contributed by atoms with van der Waals surface area (Å²) in [6.45, 7) is 3.44. The number of hydrogen-bond donors (Lipinski definition) is 1. The molecule has 1 aromatic rings. The first-order valence-corrected chi connectivity index (χ1v) is 4.66. The number of nitrogens with one attached hydrogen (secondary N) is 1. The number of carbonyl (C=O) groups excluding carboxylic acids is 1. The molecule has 2 rings (SSSR count). The summed E-state index contributed by atoms with van der Waals surface area (Å²) in [4.78, 5) is 15.9. The molecule has 0 aliphatic carbocycles. The van der Waals surface area contributed by atoms with Crippen molar-refractivity contribution < 1.29 is 9.18 Å². The Hall–Kier alpha value is -1.71. The van der Waals surface area contributed by atoms with Gasteiger partial charge in [-0.05, 0) is 31.5 Å². The van der Waals surface area contributed by atoms with Gasteiger partial charge in [-0.3, -0.25) is 9.79 Å². The molecule has 0 radical (unpaired) electrons. The van der Waals surface area contributed by atoms with E-state index < -0.39 is 5.54 Å². The van der Waals surface area contributed by atoms with Crippen LogP contribution in [0.15, 0.2) is 29.3 Å². The second-order valence-electron chi connectivity index (χ2n) is 3.73. The van der Waals surface area contributed by atoms with Crippen LogP contribution in [0.5, 0.6) is 0 Å². The van der Waals surface area contributed by atoms with E-state index in [1.165, 1.54) is 12.1 Å². The molecule has 1 aliphatic heterocycles. The molecule has 0 fully saturated rings. The number of halogens is 1. The van der Waals surface area contributed by atoms with Crippen LogP contribution in [-0.2, 0) is 10.3 Å². The summed E-state index contributed by atoms with van der Waals surface area (Å²) in [5.74, 6) is 0.0971. The van der Waals surface area contributed by atoms with Gasteiger partial charge in [-0.25, -0.2) is 4.39 Å². The molecule has 0 saturated heterocycles. The van der Waals surface area contributed by atoms with Gasteiger partial charge in [0.05, 0.1) is 0 Å². The fourth-order valence-corrected chi connectivity index (χ4v) is 1.67. The first kappa shape index (κ1) is 9.83. The minimum atomic E-state index is -0.919. The predicted molar refractivity (Wildman–Crippen MR) is 55.0 cm³/mol. The number of nitrogens with zero attached hydrogens (tertiary/aromatic N) is 1. The summed E-state index contributed by atoms with van der Waals surface area (Å²) in [6.07, 6.45) is 0. The van der Waals surface area contributed by atoms with Crippen LogP contribution in [0.1, 0.15) is 19.4 Å². The summed E-state index contributed by atoms with van der Waals surface area (Å²) in [7, 11) is 0. The highest BCUT2D eigenvalue weighted by Gasteiger charge is 2.39. The van der Waals surface area contributed by atoms with Crippen LogP contribution < -0.4 is 5.32 Å². The standard InChI is InChI=1S/C11H11FN2O/c1-7-13-10(15)11(2,14-7)8-3-5-9(12)6-4-8/h3-6H,1-2H3,(H,13,14,15)/t11-/m1/s1. The number of amides is 1. The monoisotopic (exact) mass is 206 g/mol. The molecule has 1 N–H and O–H groups in total. The number of rotatable bonds is 1. The van der Waals surface area contributed by atoms with Crippen molar-refractivity contribution in [1.29, 1.82) is 0 Å². The lowest BCUT2D eigenvalue weighted by molar-refractivity contribution is -0.123. The summed E-state index contributed by atoms with van der Waals surface area (Å²) in [6, 6.07) is 5.82. The second kappa shape index (κ2) is 3.15. The molecule has 4 heteroatoms. The fraction of sp³-hybridized carbons (Fsp3) is 0.273. The Balaban J connectivity index is 2.46. The highest BCUT2D eigenvalue weighted by Crippen LogP contribution is 2.28. The molecule has 3 nitrogen and oxygen atoms in total. The molecule has 0 saturated carbocycles. The number of amidine groups is 1. The molecule has 1 heterocycles. The smallest absolute Gasteiger partial charge is 0.257 e. The molecule has 1 aromatic carbocycles. The fourth-order valence-electron chi connectivity index (χ4n) is 1.67. The molecule has 1 amide bonds. The molecule has 78 valence electrons. The van der Waals surface area contributed by atoms with Gasteiger partial charge in [0.15, 0.2) is 5.54 Å². The molecule has 1 atom stereocenters. The van der Waals surface area contributed by atoms with Crippen LogP contribution >= 0.6 is 0 Å². The zero-order valence-electron chi connectivity index (χ0n) is 8.54. The van der Waals surface area contributed by atoms with E-state index in [0.29, 0.717) is 11.4 Å². The van der Waals surface area contributed by atoms with Crippen molar-refractivity contribution >= 4 is 11.7 Å². The average molecular weight is 206 g/mol. The van der Waals surface area contributed by atoms with Gasteiger partial charge in [0.1, 0.15) is 11.7 Å². The number of aliphatic imine (C=N–C) groups is 1. The molecule has 1 aliphatic rings. The number of benzene rings is 1. The lowest BCUT2D eigenvalue weighted by Crippen LogP contribution is -2.34. The SMILES string of the molecule is CC1=N[C@](C)(c2ccc(F)cc2)C(=O)N1. The lowest BCUT2D eigenvalue weighted by atomic mass is 9.93. The van der Waals surface area contributed by atoms with Gasteiger partial charge in [0, 0.05) is 0 Å². The largest absolute Gasteiger partial charge is 0.312 e. The lowest BCUT2D eigenvalue weighted by Gasteiger charge is -2.17. The molecule has 0 spiro atoms. The minimum absolute atomic E-state index is 0.174. The van der Waals surface area contributed by atoms with Crippen LogP contribution in [0, 0.1) is 5.82 Å². The molecular weight excluding hydrogens is 195 g/mol. The van der Waals surface area contributed by atoms with Crippen molar-refractivity contribution in [3.8, 4) is 0 Å². The highest BCUT2D eigenvalue weighted by atomic mass is 19.1. The van der Waals surface area contributed by atoms with Crippen molar-refractivity contribution in [2.75, 3.05) is 0 Å². The van der Waals surface area contributed by atoms with Gasteiger partial charge in [-0.2, -0.15) is 0 Å². The van der Waals surface area contributed by atoms with Gasteiger partial charge in [0.25, 0.3) is 5.91 Å². The maximum absolute atomic E-state index is 12.7. The Morgan fingerprint density at radius 1 is 1.33 bits per heavy atom. The maximum Gasteiger partial charge on any atom is 0.257 e.